The summed E-state index contributed by atoms with van der Waals surface area (Å²) < 4.78 is 22.5. The molecule has 4 N–H and O–H groups in total. The first-order valence-electron chi connectivity index (χ1n) is 17.1. The van der Waals surface area contributed by atoms with E-state index in [1.54, 1.807) is 36.4 Å². The second-order valence-corrected chi connectivity index (χ2v) is 11.8. The summed E-state index contributed by atoms with van der Waals surface area (Å²) in [6.07, 6.45) is 10.1. The van der Waals surface area contributed by atoms with Crippen LogP contribution < -0.4 is 20.5 Å². The Morgan fingerprint density at radius 2 is 1.64 bits per heavy atom. The molecule has 2 aromatic carbocycles. The average molecular weight is 656 g/mol. The number of benzene rings is 2. The molecule has 0 atom stereocenters. The van der Waals surface area contributed by atoms with E-state index in [0.29, 0.717) is 68.1 Å². The molecule has 0 unspecified atom stereocenters. The topological polar surface area (TPSA) is 133 Å². The minimum absolute atomic E-state index is 0.0223. The number of nitrogen functional groups attached to an aromatic ring is 1. The van der Waals surface area contributed by atoms with E-state index in [0.717, 1.165) is 63.7 Å². The highest BCUT2D eigenvalue weighted by Gasteiger charge is 2.11. The number of hydrogen-bond acceptors (Lipinski definition) is 9. The van der Waals surface area contributed by atoms with Crippen molar-refractivity contribution in [3.8, 4) is 17.2 Å². The fraction of sp³-hybridized carbons (Fsp3) is 0.568. The predicted octanol–water partition coefficient (Wildman–Crippen LogP) is 6.51. The number of carbonyl (C=O) groups excluding carboxylic acids is 2. The van der Waals surface area contributed by atoms with E-state index in [9.17, 15) is 14.7 Å². The van der Waals surface area contributed by atoms with Gasteiger partial charge in [-0.15, -0.1) is 0 Å². The van der Waals surface area contributed by atoms with Crippen LogP contribution in [-0.2, 0) is 20.8 Å². The van der Waals surface area contributed by atoms with Crippen LogP contribution in [0.5, 0.6) is 17.2 Å². The number of nitrogens with two attached hydrogens (primary N) is 1. The molecule has 0 heterocycles. The number of nitrogens with one attached hydrogen (secondary N) is 1. The molecule has 0 bridgehead atoms. The lowest BCUT2D eigenvalue weighted by Crippen LogP contribution is -2.27. The van der Waals surface area contributed by atoms with Crippen molar-refractivity contribution in [2.45, 2.75) is 79.2 Å². The predicted molar refractivity (Wildman–Crippen MR) is 187 cm³/mol. The number of likely N-dealkylation sites (N-methyl/N-ethyl adjacent to an activating group) is 1. The fourth-order valence-electron chi connectivity index (χ4n) is 4.65. The third-order valence-electron chi connectivity index (χ3n) is 7.52. The number of aromatic hydroxyl groups is 1. The molecule has 0 radical (unpaired) electrons. The van der Waals surface area contributed by atoms with Gasteiger partial charge in [-0.1, -0.05) is 45.9 Å². The number of allylic oxidation sites excluding steroid dienone is 2. The SMILES string of the molecule is CCN(CC)CCOCCOC(=O)c1ccc(OCCCCCOc2cc(CNC(=O)CCCC/C=C/C(C)C)ccc2O)c(N)c1. The van der Waals surface area contributed by atoms with Gasteiger partial charge in [0.2, 0.25) is 5.91 Å². The molecule has 1 amide bonds. The molecule has 0 saturated heterocycles. The molecule has 0 fully saturated rings. The van der Waals surface area contributed by atoms with Crippen LogP contribution in [0.25, 0.3) is 0 Å². The quantitative estimate of drug-likeness (QED) is 0.0474. The molecule has 2 aromatic rings. The number of rotatable bonds is 25. The Labute approximate surface area is 281 Å². The summed E-state index contributed by atoms with van der Waals surface area (Å²) in [6, 6.07) is 10.0. The first kappa shape index (κ1) is 39.4. The van der Waals surface area contributed by atoms with E-state index in [1.807, 2.05) is 0 Å². The lowest BCUT2D eigenvalue weighted by Gasteiger charge is -2.17. The summed E-state index contributed by atoms with van der Waals surface area (Å²) in [7, 11) is 0. The normalized spacial score (nSPS) is 11.4. The van der Waals surface area contributed by atoms with Gasteiger partial charge in [0, 0.05) is 19.5 Å². The van der Waals surface area contributed by atoms with Crippen molar-refractivity contribution in [2.24, 2.45) is 5.92 Å². The lowest BCUT2D eigenvalue weighted by atomic mass is 10.1. The van der Waals surface area contributed by atoms with Gasteiger partial charge in [0.1, 0.15) is 12.4 Å². The second kappa shape index (κ2) is 23.5. The Morgan fingerprint density at radius 1 is 0.894 bits per heavy atom. The lowest BCUT2D eigenvalue weighted by molar-refractivity contribution is -0.121. The zero-order valence-corrected chi connectivity index (χ0v) is 28.9. The molecule has 10 nitrogen and oxygen atoms in total. The summed E-state index contributed by atoms with van der Waals surface area (Å²) >= 11 is 0. The largest absolute Gasteiger partial charge is 0.504 e. The Kier molecular flexibility index (Phi) is 19.7. The first-order chi connectivity index (χ1) is 22.7. The number of nitrogens with zero attached hydrogens (tertiary/aromatic N) is 1. The number of carbonyl (C=O) groups is 2. The Balaban J connectivity index is 1.60. The monoisotopic (exact) mass is 655 g/mol. The Bertz CT molecular complexity index is 1210. The number of hydrogen-bond donors (Lipinski definition) is 3. The van der Waals surface area contributed by atoms with Crippen LogP contribution in [0.4, 0.5) is 5.69 Å². The highest BCUT2D eigenvalue weighted by Crippen LogP contribution is 2.27. The van der Waals surface area contributed by atoms with Crippen LogP contribution >= 0.6 is 0 Å². The van der Waals surface area contributed by atoms with Crippen molar-refractivity contribution in [1.29, 1.82) is 0 Å². The van der Waals surface area contributed by atoms with Gasteiger partial charge in [0.05, 0.1) is 37.7 Å². The number of phenolic OH excluding ortho intramolecular Hbond substituents is 1. The zero-order valence-electron chi connectivity index (χ0n) is 28.9. The van der Waals surface area contributed by atoms with Crippen molar-refractivity contribution >= 4 is 17.6 Å². The molecule has 0 aliphatic rings. The van der Waals surface area contributed by atoms with Crippen LogP contribution in [0.1, 0.15) is 88.6 Å². The van der Waals surface area contributed by atoms with E-state index < -0.39 is 5.97 Å². The standard InChI is InChI=1S/C37H57N3O7/c1-5-40(6-2)20-23-44-24-25-47-37(43)31-17-19-34(32(38)27-31)45-21-12-9-13-22-46-35-26-30(16-18-33(35)41)28-39-36(42)15-11-8-7-10-14-29(3)4/h10,14,16-19,26-27,29,41H,5-9,11-13,15,20-25,28,38H2,1-4H3,(H,39,42)/b14-10+. The molecule has 262 valence electrons. The maximum Gasteiger partial charge on any atom is 0.338 e. The maximum absolute atomic E-state index is 12.4. The minimum atomic E-state index is -0.451. The molecule has 10 heteroatoms. The second-order valence-electron chi connectivity index (χ2n) is 11.8. The summed E-state index contributed by atoms with van der Waals surface area (Å²) in [4.78, 5) is 26.8. The number of phenols is 1. The highest BCUT2D eigenvalue weighted by molar-refractivity contribution is 5.91. The van der Waals surface area contributed by atoms with Crippen molar-refractivity contribution in [2.75, 3.05) is 58.4 Å². The van der Waals surface area contributed by atoms with Crippen LogP contribution in [-0.4, -0.2) is 74.6 Å². The van der Waals surface area contributed by atoms with Gasteiger partial charge < -0.3 is 40.0 Å². The third-order valence-corrected chi connectivity index (χ3v) is 7.52. The molecule has 2 rings (SSSR count). The van der Waals surface area contributed by atoms with E-state index in [-0.39, 0.29) is 18.3 Å². The van der Waals surface area contributed by atoms with Crippen molar-refractivity contribution < 1.29 is 33.6 Å². The smallest absolute Gasteiger partial charge is 0.338 e. The van der Waals surface area contributed by atoms with Crippen LogP contribution in [0.2, 0.25) is 0 Å². The van der Waals surface area contributed by atoms with Gasteiger partial charge in [0.15, 0.2) is 11.5 Å². The molecule has 0 spiro atoms. The highest BCUT2D eigenvalue weighted by atomic mass is 16.6. The van der Waals surface area contributed by atoms with E-state index in [4.69, 9.17) is 24.7 Å². The van der Waals surface area contributed by atoms with Crippen LogP contribution in [0.3, 0.4) is 0 Å². The van der Waals surface area contributed by atoms with Crippen molar-refractivity contribution in [3.63, 3.8) is 0 Å². The van der Waals surface area contributed by atoms with Gasteiger partial charge in [-0.25, -0.2) is 4.79 Å². The number of amides is 1. The fourth-order valence-corrected chi connectivity index (χ4v) is 4.65. The van der Waals surface area contributed by atoms with E-state index >= 15 is 0 Å². The molecule has 0 saturated carbocycles. The van der Waals surface area contributed by atoms with Crippen molar-refractivity contribution in [3.05, 3.63) is 59.7 Å². The summed E-state index contributed by atoms with van der Waals surface area (Å²) in [6.45, 7) is 13.8. The van der Waals surface area contributed by atoms with Crippen molar-refractivity contribution in [1.82, 2.24) is 10.2 Å². The number of anilines is 1. The van der Waals surface area contributed by atoms with E-state index in [1.165, 1.54) is 0 Å². The van der Waals surface area contributed by atoms with Gasteiger partial charge in [-0.05, 0) is 93.4 Å². The van der Waals surface area contributed by atoms with Gasteiger partial charge >= 0.3 is 5.97 Å². The maximum atomic E-state index is 12.4. The molecule has 0 aliphatic carbocycles. The zero-order chi connectivity index (χ0) is 34.3. The number of unbranched alkanes of at least 4 members (excludes halogenated alkanes) is 4. The first-order valence-corrected chi connectivity index (χ1v) is 17.1. The molecule has 0 aromatic heterocycles. The summed E-state index contributed by atoms with van der Waals surface area (Å²) in [5.41, 5.74) is 7.72. The molecular weight excluding hydrogens is 598 g/mol. The van der Waals surface area contributed by atoms with Gasteiger partial charge in [-0.2, -0.15) is 0 Å². The van der Waals surface area contributed by atoms with Gasteiger partial charge in [-0.3, -0.25) is 4.79 Å². The number of ether oxygens (including phenoxy) is 4. The Hall–Kier alpha value is -3.76. The molecule has 0 aliphatic heterocycles. The number of esters is 1. The average Bonchev–Trinajstić information content (AvgIpc) is 3.06. The van der Waals surface area contributed by atoms with Gasteiger partial charge in [0.25, 0.3) is 0 Å². The minimum Gasteiger partial charge on any atom is -0.504 e. The molecule has 47 heavy (non-hydrogen) atoms. The van der Waals surface area contributed by atoms with E-state index in [2.05, 4.69) is 50.1 Å². The summed E-state index contributed by atoms with van der Waals surface area (Å²) in [5.74, 6) is 1.12. The van der Waals surface area contributed by atoms with Crippen LogP contribution in [0.15, 0.2) is 48.6 Å². The van der Waals surface area contributed by atoms with Crippen LogP contribution in [0, 0.1) is 5.92 Å². The Morgan fingerprint density at radius 3 is 2.34 bits per heavy atom. The third kappa shape index (κ3) is 17.1. The summed E-state index contributed by atoms with van der Waals surface area (Å²) in [5, 5.41) is 13.1. The molecular formula is C37H57N3O7.